The molecule has 2 rings (SSSR count). The summed E-state index contributed by atoms with van der Waals surface area (Å²) in [5.41, 5.74) is 0.276. The Morgan fingerprint density at radius 3 is 2.81 bits per heavy atom. The molecule has 5 nitrogen and oxygen atoms in total. The number of carbonyl (C=O) groups excluding carboxylic acids is 1. The summed E-state index contributed by atoms with van der Waals surface area (Å²) < 4.78 is 11.7. The minimum atomic E-state index is -0.767. The Morgan fingerprint density at radius 1 is 1.33 bits per heavy atom. The normalized spacial score (nSPS) is 22.1. The van der Waals surface area contributed by atoms with Crippen molar-refractivity contribution in [2.75, 3.05) is 18.5 Å². The molecule has 1 aromatic rings. The molecule has 27 heavy (non-hydrogen) atoms. The number of amides is 1. The lowest BCUT2D eigenvalue weighted by Gasteiger charge is -2.38. The first kappa shape index (κ1) is 21.2. The fraction of sp³-hybridized carbons (Fsp3) is 0.636. The van der Waals surface area contributed by atoms with Crippen LogP contribution in [-0.4, -0.2) is 24.7 Å². The van der Waals surface area contributed by atoms with Crippen LogP contribution in [0.2, 0.25) is 0 Å². The summed E-state index contributed by atoms with van der Waals surface area (Å²) in [7, 11) is 0. The summed E-state index contributed by atoms with van der Waals surface area (Å²) in [5.74, 6) is 0.920. The van der Waals surface area contributed by atoms with E-state index in [0.717, 1.165) is 44.9 Å². The summed E-state index contributed by atoms with van der Waals surface area (Å²) in [4.78, 5) is 13.1. The molecule has 1 aliphatic carbocycles. The number of carbonyl (C=O) groups is 1. The van der Waals surface area contributed by atoms with Gasteiger partial charge in [-0.05, 0) is 56.2 Å². The van der Waals surface area contributed by atoms with E-state index in [-0.39, 0.29) is 5.91 Å². The van der Waals surface area contributed by atoms with Gasteiger partial charge in [-0.3, -0.25) is 4.79 Å². The summed E-state index contributed by atoms with van der Waals surface area (Å²) in [5, 5.41) is 12.4. The summed E-state index contributed by atoms with van der Waals surface area (Å²) in [6.45, 7) is 7.48. The van der Waals surface area contributed by atoms with Crippen LogP contribution in [0.3, 0.4) is 0 Å². The molecule has 148 valence electrons. The van der Waals surface area contributed by atoms with Crippen molar-refractivity contribution in [2.45, 2.75) is 71.3 Å². The third kappa shape index (κ3) is 5.71. The largest absolute Gasteiger partial charge is 0.492 e. The summed E-state index contributed by atoms with van der Waals surface area (Å²) in [6, 6.07) is 7.39. The van der Waals surface area contributed by atoms with Gasteiger partial charge < -0.3 is 14.8 Å². The van der Waals surface area contributed by atoms with Crippen molar-refractivity contribution in [3.05, 3.63) is 23.8 Å². The number of ether oxygens (including phenoxy) is 2. The van der Waals surface area contributed by atoms with Gasteiger partial charge in [0.25, 0.3) is 5.91 Å². The highest BCUT2D eigenvalue weighted by Crippen LogP contribution is 2.36. The third-order valence-corrected chi connectivity index (χ3v) is 5.07. The molecule has 0 unspecified atom stereocenters. The van der Waals surface area contributed by atoms with Gasteiger partial charge in [-0.1, -0.05) is 33.6 Å². The number of hydrogen-bond donors (Lipinski definition) is 1. The fourth-order valence-electron chi connectivity index (χ4n) is 3.60. The van der Waals surface area contributed by atoms with E-state index in [1.807, 2.05) is 6.92 Å². The van der Waals surface area contributed by atoms with Crippen LogP contribution in [0.1, 0.15) is 71.3 Å². The van der Waals surface area contributed by atoms with Crippen LogP contribution in [0, 0.1) is 17.2 Å². The van der Waals surface area contributed by atoms with Crippen molar-refractivity contribution in [1.82, 2.24) is 0 Å². The number of hydrogen-bond acceptors (Lipinski definition) is 4. The number of nitrogens with one attached hydrogen (secondary N) is 1. The lowest BCUT2D eigenvalue weighted by atomic mass is 9.78. The monoisotopic (exact) mass is 372 g/mol. The predicted octanol–water partition coefficient (Wildman–Crippen LogP) is 5.05. The molecule has 0 radical (unpaired) electrons. The van der Waals surface area contributed by atoms with E-state index >= 15 is 0 Å². The third-order valence-electron chi connectivity index (χ3n) is 5.07. The fourth-order valence-corrected chi connectivity index (χ4v) is 3.60. The predicted molar refractivity (Wildman–Crippen MR) is 107 cm³/mol. The molecular formula is C22H32N2O3. The van der Waals surface area contributed by atoms with Gasteiger partial charge in [0.05, 0.1) is 12.2 Å². The Bertz CT molecular complexity index is 668. The molecule has 1 N–H and O–H groups in total. The average molecular weight is 373 g/mol. The number of unbranched alkanes of at least 4 members (excludes halogenated alkanes) is 1. The van der Waals surface area contributed by atoms with Gasteiger partial charge in [0.15, 0.2) is 0 Å². The van der Waals surface area contributed by atoms with E-state index in [9.17, 15) is 10.1 Å². The molecule has 0 heterocycles. The average Bonchev–Trinajstić information content (AvgIpc) is 2.67. The van der Waals surface area contributed by atoms with E-state index in [4.69, 9.17) is 9.47 Å². The van der Waals surface area contributed by atoms with Crippen LogP contribution >= 0.6 is 0 Å². The maximum absolute atomic E-state index is 13.1. The Morgan fingerprint density at radius 2 is 2.15 bits per heavy atom. The number of nitrogens with zero attached hydrogens (tertiary/aromatic N) is 1. The van der Waals surface area contributed by atoms with Gasteiger partial charge in [-0.15, -0.1) is 0 Å². The van der Waals surface area contributed by atoms with Crippen LogP contribution in [0.15, 0.2) is 18.2 Å². The molecule has 1 aliphatic rings. The second-order valence-electron chi connectivity index (χ2n) is 7.52. The molecule has 0 bridgehead atoms. The van der Waals surface area contributed by atoms with Crippen molar-refractivity contribution >= 4 is 11.6 Å². The zero-order valence-electron chi connectivity index (χ0n) is 16.8. The maximum Gasteiger partial charge on any atom is 0.256 e. The van der Waals surface area contributed by atoms with E-state index in [0.29, 0.717) is 36.1 Å². The van der Waals surface area contributed by atoms with Gasteiger partial charge in [-0.25, -0.2) is 0 Å². The van der Waals surface area contributed by atoms with Crippen molar-refractivity contribution < 1.29 is 14.3 Å². The molecule has 0 saturated heterocycles. The van der Waals surface area contributed by atoms with E-state index in [1.165, 1.54) is 0 Å². The minimum absolute atomic E-state index is 0.106. The maximum atomic E-state index is 13.1. The van der Waals surface area contributed by atoms with Gasteiger partial charge in [0.1, 0.15) is 17.4 Å². The lowest BCUT2D eigenvalue weighted by molar-refractivity contribution is -0.148. The Hall–Kier alpha value is -2.06. The van der Waals surface area contributed by atoms with Crippen molar-refractivity contribution in [3.8, 4) is 11.8 Å². The molecule has 1 saturated carbocycles. The molecule has 1 aromatic carbocycles. The van der Waals surface area contributed by atoms with Gasteiger partial charge in [0, 0.05) is 12.3 Å². The van der Waals surface area contributed by atoms with Gasteiger partial charge in [0.2, 0.25) is 0 Å². The first-order valence-electron chi connectivity index (χ1n) is 10.2. The first-order valence-corrected chi connectivity index (χ1v) is 10.2. The smallest absolute Gasteiger partial charge is 0.256 e. The van der Waals surface area contributed by atoms with Crippen LogP contribution in [0.4, 0.5) is 5.69 Å². The van der Waals surface area contributed by atoms with Gasteiger partial charge in [-0.2, -0.15) is 5.26 Å². The molecule has 5 heteroatoms. The second-order valence-corrected chi connectivity index (χ2v) is 7.52. The summed E-state index contributed by atoms with van der Waals surface area (Å²) in [6.07, 6.45) is 6.46. The highest BCUT2D eigenvalue weighted by atomic mass is 16.5. The van der Waals surface area contributed by atoms with Crippen molar-refractivity contribution in [1.29, 1.82) is 5.26 Å². The molecular weight excluding hydrogens is 340 g/mol. The molecule has 1 fully saturated rings. The van der Waals surface area contributed by atoms with E-state index in [1.54, 1.807) is 18.2 Å². The number of rotatable bonds is 9. The Balaban J connectivity index is 2.13. The van der Waals surface area contributed by atoms with E-state index < -0.39 is 5.60 Å². The molecule has 0 aliphatic heterocycles. The number of benzene rings is 1. The molecule has 0 aromatic heterocycles. The zero-order valence-corrected chi connectivity index (χ0v) is 16.8. The Kier molecular flexibility index (Phi) is 8.12. The highest BCUT2D eigenvalue weighted by molar-refractivity contribution is 5.97. The second kappa shape index (κ2) is 10.3. The first-order chi connectivity index (χ1) is 13.0. The highest BCUT2D eigenvalue weighted by Gasteiger charge is 2.42. The molecule has 0 spiro atoms. The van der Waals surface area contributed by atoms with Crippen LogP contribution in [0.5, 0.6) is 5.75 Å². The quantitative estimate of drug-likeness (QED) is 0.616. The van der Waals surface area contributed by atoms with Gasteiger partial charge >= 0.3 is 0 Å². The van der Waals surface area contributed by atoms with Crippen LogP contribution in [0.25, 0.3) is 0 Å². The number of nitriles is 1. The number of anilines is 1. The SMILES string of the molecule is CCCCOc1ccc(NC(=O)[C@]2(OCCC)CCC[C@@H](C)C2)cc1C#N. The standard InChI is InChI=1S/C22H32N2O3/c1-4-6-13-26-20-10-9-19(14-18(20)16-23)24-21(25)22(27-12-5-2)11-7-8-17(3)15-22/h9-10,14,17H,4-8,11-13,15H2,1-3H3,(H,24,25)/t17-,22+/m1/s1. The summed E-state index contributed by atoms with van der Waals surface area (Å²) >= 11 is 0. The molecule has 1 amide bonds. The van der Waals surface area contributed by atoms with Crippen molar-refractivity contribution in [2.24, 2.45) is 5.92 Å². The van der Waals surface area contributed by atoms with Crippen LogP contribution < -0.4 is 10.1 Å². The lowest BCUT2D eigenvalue weighted by Crippen LogP contribution is -2.48. The molecule has 2 atom stereocenters. The minimum Gasteiger partial charge on any atom is -0.492 e. The topological polar surface area (TPSA) is 71.3 Å². The Labute approximate surface area is 163 Å². The van der Waals surface area contributed by atoms with Crippen LogP contribution in [-0.2, 0) is 9.53 Å². The van der Waals surface area contributed by atoms with Crippen molar-refractivity contribution in [3.63, 3.8) is 0 Å². The van der Waals surface area contributed by atoms with E-state index in [2.05, 4.69) is 25.2 Å². The zero-order chi connectivity index (χ0) is 19.7.